The quantitative estimate of drug-likeness (QED) is 0.536. The average molecular weight is 299 g/mol. The van der Waals surface area contributed by atoms with Crippen molar-refractivity contribution < 1.29 is 20.1 Å². The van der Waals surface area contributed by atoms with Crippen LogP contribution in [-0.2, 0) is 10.3 Å². The molecule has 1 aromatic carbocycles. The monoisotopic (exact) mass is 299 g/mol. The summed E-state index contributed by atoms with van der Waals surface area (Å²) < 4.78 is 0. The van der Waals surface area contributed by atoms with Gasteiger partial charge < -0.3 is 15.3 Å². The van der Waals surface area contributed by atoms with Crippen LogP contribution in [0.15, 0.2) is 30.3 Å². The first-order valence-electron chi connectivity index (χ1n) is 6.47. The van der Waals surface area contributed by atoms with Crippen LogP contribution in [0.5, 0.6) is 0 Å². The Kier molecular flexibility index (Phi) is 7.01. The lowest BCUT2D eigenvalue weighted by atomic mass is 9.92. The molecule has 0 fully saturated rings. The molecule has 112 valence electrons. The van der Waals surface area contributed by atoms with E-state index < -0.39 is 17.6 Å². The molecule has 6 heteroatoms. The summed E-state index contributed by atoms with van der Waals surface area (Å²) in [5.74, 6) is -0.377. The number of aliphatic hydroxyl groups is 2. The summed E-state index contributed by atoms with van der Waals surface area (Å²) >= 11 is 1.30. The summed E-state index contributed by atoms with van der Waals surface area (Å²) in [4.78, 5) is 11.8. The first-order valence-corrected chi connectivity index (χ1v) is 7.63. The number of rotatable bonds is 9. The van der Waals surface area contributed by atoms with Crippen molar-refractivity contribution in [2.24, 2.45) is 0 Å². The Morgan fingerprint density at radius 2 is 2.05 bits per heavy atom. The lowest BCUT2D eigenvalue weighted by Gasteiger charge is -2.30. The van der Waals surface area contributed by atoms with Gasteiger partial charge in [0.15, 0.2) is 5.54 Å². The zero-order valence-electron chi connectivity index (χ0n) is 11.5. The highest BCUT2D eigenvalue weighted by molar-refractivity contribution is 7.99. The van der Waals surface area contributed by atoms with Crippen LogP contribution >= 0.6 is 11.8 Å². The Morgan fingerprint density at radius 1 is 1.40 bits per heavy atom. The van der Waals surface area contributed by atoms with Crippen molar-refractivity contribution in [1.82, 2.24) is 5.32 Å². The van der Waals surface area contributed by atoms with E-state index in [4.69, 9.17) is 5.11 Å². The molecule has 0 saturated heterocycles. The number of hydrogen-bond acceptors (Lipinski definition) is 5. The van der Waals surface area contributed by atoms with Gasteiger partial charge in [-0.05, 0) is 12.1 Å². The molecule has 20 heavy (non-hydrogen) atoms. The Morgan fingerprint density at radius 3 is 2.55 bits per heavy atom. The van der Waals surface area contributed by atoms with E-state index in [9.17, 15) is 15.0 Å². The molecular formula is C14H21NO4S. The molecule has 0 bridgehead atoms. The zero-order valence-corrected chi connectivity index (χ0v) is 12.3. The predicted molar refractivity (Wildman–Crippen MR) is 79.9 cm³/mol. The first-order chi connectivity index (χ1) is 9.56. The van der Waals surface area contributed by atoms with E-state index >= 15 is 0 Å². The Labute approximate surface area is 123 Å². The van der Waals surface area contributed by atoms with Crippen LogP contribution in [-0.4, -0.2) is 52.1 Å². The van der Waals surface area contributed by atoms with Crippen LogP contribution in [0.3, 0.4) is 0 Å². The van der Waals surface area contributed by atoms with Gasteiger partial charge in [0.2, 0.25) is 0 Å². The van der Waals surface area contributed by atoms with Gasteiger partial charge in [-0.1, -0.05) is 37.3 Å². The van der Waals surface area contributed by atoms with Crippen molar-refractivity contribution in [3.8, 4) is 0 Å². The van der Waals surface area contributed by atoms with E-state index in [0.717, 1.165) is 0 Å². The molecule has 1 aromatic rings. The van der Waals surface area contributed by atoms with Crippen LogP contribution in [0.2, 0.25) is 0 Å². The Balaban J connectivity index is 2.92. The smallest absolute Gasteiger partial charge is 0.329 e. The third kappa shape index (κ3) is 4.21. The van der Waals surface area contributed by atoms with E-state index in [1.165, 1.54) is 11.8 Å². The van der Waals surface area contributed by atoms with Gasteiger partial charge in [0.25, 0.3) is 0 Å². The van der Waals surface area contributed by atoms with Gasteiger partial charge >= 0.3 is 5.97 Å². The number of thioether (sulfide) groups is 1. The van der Waals surface area contributed by atoms with E-state index in [2.05, 4.69) is 5.32 Å². The topological polar surface area (TPSA) is 89.8 Å². The molecule has 0 amide bonds. The largest absolute Gasteiger partial charge is 0.480 e. The Hall–Kier alpha value is -1.08. The van der Waals surface area contributed by atoms with Gasteiger partial charge in [0, 0.05) is 11.5 Å². The first kappa shape index (κ1) is 17.0. The fourth-order valence-electron chi connectivity index (χ4n) is 1.92. The molecule has 0 aliphatic rings. The predicted octanol–water partition coefficient (Wildman–Crippen LogP) is 0.662. The van der Waals surface area contributed by atoms with Gasteiger partial charge in [-0.25, -0.2) is 4.79 Å². The summed E-state index contributed by atoms with van der Waals surface area (Å²) in [5, 5.41) is 30.8. The molecule has 0 aromatic heterocycles. The van der Waals surface area contributed by atoms with E-state index in [0.29, 0.717) is 17.9 Å². The summed E-state index contributed by atoms with van der Waals surface area (Å²) in [6, 6.07) is 9.00. The van der Waals surface area contributed by atoms with Crippen molar-refractivity contribution >= 4 is 17.7 Å². The molecule has 0 aliphatic carbocycles. The van der Waals surface area contributed by atoms with Gasteiger partial charge in [0.05, 0.1) is 12.7 Å². The van der Waals surface area contributed by atoms with E-state index in [1.54, 1.807) is 24.3 Å². The molecule has 0 saturated carbocycles. The maximum absolute atomic E-state index is 11.8. The standard InChI is InChI=1S/C14H21NO4S/c1-2-15-14(13(18)19,10-20-9-12(17)8-16)11-6-4-3-5-7-11/h3-7,12,15-17H,2,8-10H2,1H3,(H,18,19). The van der Waals surface area contributed by atoms with Crippen LogP contribution in [0.1, 0.15) is 12.5 Å². The SMILES string of the molecule is CCNC(CSCC(O)CO)(C(=O)O)c1ccccc1. The molecule has 0 spiro atoms. The summed E-state index contributed by atoms with van der Waals surface area (Å²) in [7, 11) is 0. The van der Waals surface area contributed by atoms with Gasteiger partial charge in [-0.3, -0.25) is 5.32 Å². The number of carboxylic acids is 1. The van der Waals surface area contributed by atoms with Crippen LogP contribution in [0, 0.1) is 0 Å². The maximum Gasteiger partial charge on any atom is 0.329 e. The zero-order chi connectivity index (χ0) is 15.0. The van der Waals surface area contributed by atoms with Gasteiger partial charge in [-0.2, -0.15) is 11.8 Å². The van der Waals surface area contributed by atoms with Crippen molar-refractivity contribution in [3.05, 3.63) is 35.9 Å². The molecule has 2 atom stereocenters. The summed E-state index contributed by atoms with van der Waals surface area (Å²) in [6.07, 6.45) is -0.830. The van der Waals surface area contributed by atoms with Crippen LogP contribution in [0.4, 0.5) is 0 Å². The minimum Gasteiger partial charge on any atom is -0.480 e. The van der Waals surface area contributed by atoms with E-state index in [-0.39, 0.29) is 12.4 Å². The van der Waals surface area contributed by atoms with E-state index in [1.807, 2.05) is 13.0 Å². The molecule has 4 N–H and O–H groups in total. The van der Waals surface area contributed by atoms with Crippen LogP contribution < -0.4 is 5.32 Å². The molecule has 0 aliphatic heterocycles. The van der Waals surface area contributed by atoms with Crippen molar-refractivity contribution in [2.45, 2.75) is 18.6 Å². The third-order valence-electron chi connectivity index (χ3n) is 2.95. The van der Waals surface area contributed by atoms with Crippen LogP contribution in [0.25, 0.3) is 0 Å². The van der Waals surface area contributed by atoms with Crippen molar-refractivity contribution in [3.63, 3.8) is 0 Å². The second-order valence-electron chi connectivity index (χ2n) is 4.46. The number of likely N-dealkylation sites (N-methyl/N-ethyl adjacent to an activating group) is 1. The molecule has 1 rings (SSSR count). The number of nitrogens with one attached hydrogen (secondary N) is 1. The number of carbonyl (C=O) groups is 1. The second kappa shape index (κ2) is 8.26. The number of aliphatic carboxylic acids is 1. The lowest BCUT2D eigenvalue weighted by Crippen LogP contribution is -2.51. The van der Waals surface area contributed by atoms with Crippen molar-refractivity contribution in [1.29, 1.82) is 0 Å². The fourth-order valence-corrected chi connectivity index (χ4v) is 3.12. The molecule has 5 nitrogen and oxygen atoms in total. The summed E-state index contributed by atoms with van der Waals surface area (Å²) in [6.45, 7) is 2.05. The molecular weight excluding hydrogens is 278 g/mol. The second-order valence-corrected chi connectivity index (χ2v) is 5.49. The highest BCUT2D eigenvalue weighted by atomic mass is 32.2. The highest BCUT2D eigenvalue weighted by Gasteiger charge is 2.39. The molecule has 0 heterocycles. The number of aliphatic hydroxyl groups excluding tert-OH is 2. The normalized spacial score (nSPS) is 15.6. The minimum atomic E-state index is -1.18. The lowest BCUT2D eigenvalue weighted by molar-refractivity contribution is -0.144. The van der Waals surface area contributed by atoms with Crippen molar-refractivity contribution in [2.75, 3.05) is 24.7 Å². The highest BCUT2D eigenvalue weighted by Crippen LogP contribution is 2.26. The minimum absolute atomic E-state index is 0.275. The Bertz CT molecular complexity index is 415. The van der Waals surface area contributed by atoms with Gasteiger partial charge in [-0.15, -0.1) is 0 Å². The average Bonchev–Trinajstić information content (AvgIpc) is 2.46. The maximum atomic E-state index is 11.8. The molecule has 2 unspecified atom stereocenters. The third-order valence-corrected chi connectivity index (χ3v) is 4.21. The molecule has 0 radical (unpaired) electrons. The number of hydrogen-bond donors (Lipinski definition) is 4. The van der Waals surface area contributed by atoms with Gasteiger partial charge in [0.1, 0.15) is 0 Å². The fraction of sp³-hybridized carbons (Fsp3) is 0.500. The summed E-state index contributed by atoms with van der Waals surface area (Å²) in [5.41, 5.74) is -0.504. The number of benzene rings is 1. The number of carboxylic acid groups (broad SMARTS) is 1.